The molecule has 0 bridgehead atoms. The Balaban J connectivity index is 1.25. The van der Waals surface area contributed by atoms with E-state index in [1.165, 1.54) is 53.3 Å². The second-order valence-corrected chi connectivity index (χ2v) is 9.23. The highest BCUT2D eigenvalue weighted by molar-refractivity contribution is 7.30. The zero-order chi connectivity index (χ0) is 21.9. The number of aromatic carboxylic acids is 1. The summed E-state index contributed by atoms with van der Waals surface area (Å²) in [6.45, 7) is 2.24. The summed E-state index contributed by atoms with van der Waals surface area (Å²) >= 11 is 2.87. The monoisotopic (exact) mass is 462 g/mol. The van der Waals surface area contributed by atoms with Gasteiger partial charge in [0.1, 0.15) is 9.83 Å². The number of aromatic nitrogens is 1. The molecule has 3 heterocycles. The Bertz CT molecular complexity index is 1270. The molecule has 5 rings (SSSR count). The molecule has 1 aliphatic rings. The fourth-order valence-corrected chi connectivity index (χ4v) is 5.24. The second-order valence-electron chi connectivity index (χ2n) is 7.21. The summed E-state index contributed by atoms with van der Waals surface area (Å²) in [6.07, 6.45) is 2.51. The fourth-order valence-electron chi connectivity index (χ4n) is 3.39. The van der Waals surface area contributed by atoms with E-state index in [2.05, 4.69) is 42.5 Å². The van der Waals surface area contributed by atoms with E-state index in [0.717, 1.165) is 33.3 Å². The molecule has 0 spiro atoms. The summed E-state index contributed by atoms with van der Waals surface area (Å²) in [6, 6.07) is 16.3. The standard InChI is InChI=1S/C22H18N6O2S2/c29-21(30)14-3-5-15(6-4-14)24-26-19-13-18-20(32-19)23-22(31-18)27-25-16-7-9-17(10-8-16)28-11-1-2-12-28/h3-10,13H,1-2,11-12H2,(H,29,30). The van der Waals surface area contributed by atoms with Crippen LogP contribution < -0.4 is 4.90 Å². The number of hydrogen-bond donors (Lipinski definition) is 1. The molecule has 1 fully saturated rings. The quantitative estimate of drug-likeness (QED) is 0.300. The number of benzene rings is 2. The lowest BCUT2D eigenvalue weighted by Crippen LogP contribution is -2.17. The lowest BCUT2D eigenvalue weighted by Gasteiger charge is -2.17. The topological polar surface area (TPSA) is 103 Å². The van der Waals surface area contributed by atoms with E-state index in [-0.39, 0.29) is 5.56 Å². The first-order valence-electron chi connectivity index (χ1n) is 10.1. The van der Waals surface area contributed by atoms with Gasteiger partial charge in [-0.05, 0) is 67.4 Å². The highest BCUT2D eigenvalue weighted by Gasteiger charge is 2.12. The predicted molar refractivity (Wildman–Crippen MR) is 127 cm³/mol. The number of hydrogen-bond acceptors (Lipinski definition) is 9. The number of fused-ring (bicyclic) bond motifs is 1. The number of carboxylic acids is 1. The third-order valence-electron chi connectivity index (χ3n) is 5.02. The normalized spacial score (nSPS) is 14.3. The molecule has 1 aliphatic heterocycles. The summed E-state index contributed by atoms with van der Waals surface area (Å²) in [5.41, 5.74) is 2.84. The summed E-state index contributed by atoms with van der Waals surface area (Å²) in [7, 11) is 0. The minimum atomic E-state index is -0.967. The maximum Gasteiger partial charge on any atom is 0.335 e. The maximum atomic E-state index is 10.9. The second kappa shape index (κ2) is 8.93. The van der Waals surface area contributed by atoms with Gasteiger partial charge in [0.25, 0.3) is 0 Å². The Morgan fingerprint density at radius 1 is 0.875 bits per heavy atom. The van der Waals surface area contributed by atoms with Crippen LogP contribution >= 0.6 is 22.7 Å². The SMILES string of the molecule is O=C(O)c1ccc(N=Nc2cc3sc(N=Nc4ccc(N5CCCC5)cc4)nc3s2)cc1. The van der Waals surface area contributed by atoms with Gasteiger partial charge in [0.05, 0.1) is 21.6 Å². The number of rotatable bonds is 6. The average Bonchev–Trinajstić information content (AvgIpc) is 3.54. The molecule has 2 aromatic carbocycles. The number of carbonyl (C=O) groups is 1. The summed E-state index contributed by atoms with van der Waals surface area (Å²) in [5.74, 6) is -0.967. The van der Waals surface area contributed by atoms with E-state index in [0.29, 0.717) is 10.8 Å². The van der Waals surface area contributed by atoms with Crippen LogP contribution in [0.15, 0.2) is 75.1 Å². The summed E-state index contributed by atoms with van der Waals surface area (Å²) < 4.78 is 0.975. The van der Waals surface area contributed by atoms with Crippen LogP contribution in [-0.2, 0) is 0 Å². The highest BCUT2D eigenvalue weighted by Crippen LogP contribution is 2.39. The van der Waals surface area contributed by atoms with Gasteiger partial charge in [-0.2, -0.15) is 0 Å². The molecule has 0 aliphatic carbocycles. The molecule has 1 N–H and O–H groups in total. The zero-order valence-corrected chi connectivity index (χ0v) is 18.5. The number of anilines is 1. The van der Waals surface area contributed by atoms with E-state index >= 15 is 0 Å². The number of azo groups is 2. The molecule has 32 heavy (non-hydrogen) atoms. The van der Waals surface area contributed by atoms with E-state index in [4.69, 9.17) is 5.11 Å². The van der Waals surface area contributed by atoms with Crippen molar-refractivity contribution in [2.45, 2.75) is 12.8 Å². The molecule has 0 amide bonds. The van der Waals surface area contributed by atoms with Crippen molar-refractivity contribution in [3.63, 3.8) is 0 Å². The first kappa shape index (κ1) is 20.4. The van der Waals surface area contributed by atoms with Crippen molar-refractivity contribution >= 4 is 65.4 Å². The van der Waals surface area contributed by atoms with Gasteiger partial charge in [-0.15, -0.1) is 20.5 Å². The number of thiophene rings is 1. The Morgan fingerprint density at radius 3 is 2.19 bits per heavy atom. The van der Waals surface area contributed by atoms with Gasteiger partial charge in [-0.1, -0.05) is 22.7 Å². The zero-order valence-electron chi connectivity index (χ0n) is 16.9. The van der Waals surface area contributed by atoms with E-state index < -0.39 is 5.97 Å². The lowest BCUT2D eigenvalue weighted by molar-refractivity contribution is 0.0697. The third kappa shape index (κ3) is 4.56. The molecule has 2 aromatic heterocycles. The van der Waals surface area contributed by atoms with Crippen LogP contribution in [0.3, 0.4) is 0 Å². The molecule has 0 unspecified atom stereocenters. The molecule has 0 saturated carbocycles. The van der Waals surface area contributed by atoms with Gasteiger partial charge in [0, 0.05) is 18.8 Å². The lowest BCUT2D eigenvalue weighted by atomic mass is 10.2. The molecular formula is C22H18N6O2S2. The van der Waals surface area contributed by atoms with E-state index in [1.807, 2.05) is 18.2 Å². The van der Waals surface area contributed by atoms with Crippen LogP contribution in [0, 0.1) is 0 Å². The van der Waals surface area contributed by atoms with Crippen LogP contribution in [0.25, 0.3) is 9.53 Å². The van der Waals surface area contributed by atoms with E-state index in [1.54, 1.807) is 12.1 Å². The van der Waals surface area contributed by atoms with Crippen molar-refractivity contribution in [2.24, 2.45) is 20.5 Å². The van der Waals surface area contributed by atoms with Gasteiger partial charge in [-0.25, -0.2) is 9.78 Å². The Labute approximate surface area is 191 Å². The Kier molecular flexibility index (Phi) is 5.70. The van der Waals surface area contributed by atoms with Crippen molar-refractivity contribution in [3.8, 4) is 0 Å². The number of nitrogens with zero attached hydrogens (tertiary/aromatic N) is 6. The first-order valence-corrected chi connectivity index (χ1v) is 11.7. The fraction of sp³-hybridized carbons (Fsp3) is 0.182. The first-order chi connectivity index (χ1) is 15.6. The van der Waals surface area contributed by atoms with Crippen molar-refractivity contribution in [1.82, 2.24) is 4.98 Å². The Morgan fingerprint density at radius 2 is 1.53 bits per heavy atom. The van der Waals surface area contributed by atoms with Crippen LogP contribution in [0.1, 0.15) is 23.2 Å². The summed E-state index contributed by atoms with van der Waals surface area (Å²) in [5, 5.41) is 27.3. The largest absolute Gasteiger partial charge is 0.478 e. The van der Waals surface area contributed by atoms with Crippen molar-refractivity contribution in [2.75, 3.05) is 18.0 Å². The van der Waals surface area contributed by atoms with Gasteiger partial charge >= 0.3 is 5.97 Å². The van der Waals surface area contributed by atoms with Crippen LogP contribution in [0.2, 0.25) is 0 Å². The molecule has 0 radical (unpaired) electrons. The van der Waals surface area contributed by atoms with Gasteiger partial charge in [0.15, 0.2) is 0 Å². The van der Waals surface area contributed by atoms with E-state index in [9.17, 15) is 4.79 Å². The van der Waals surface area contributed by atoms with Gasteiger partial charge in [0.2, 0.25) is 5.13 Å². The van der Waals surface area contributed by atoms with Gasteiger partial charge in [-0.3, -0.25) is 0 Å². The molecule has 4 aromatic rings. The molecule has 160 valence electrons. The number of thiazole rings is 1. The molecule has 8 nitrogen and oxygen atoms in total. The molecule has 10 heteroatoms. The van der Waals surface area contributed by atoms with Crippen molar-refractivity contribution in [1.29, 1.82) is 0 Å². The molecule has 0 atom stereocenters. The minimum Gasteiger partial charge on any atom is -0.478 e. The summed E-state index contributed by atoms with van der Waals surface area (Å²) in [4.78, 5) is 18.6. The van der Waals surface area contributed by atoms with Crippen LogP contribution in [0.5, 0.6) is 0 Å². The van der Waals surface area contributed by atoms with Crippen LogP contribution in [0.4, 0.5) is 27.2 Å². The maximum absolute atomic E-state index is 10.9. The average molecular weight is 463 g/mol. The van der Waals surface area contributed by atoms with Crippen LogP contribution in [-0.4, -0.2) is 29.1 Å². The molecular weight excluding hydrogens is 444 g/mol. The Hall–Kier alpha value is -3.50. The highest BCUT2D eigenvalue weighted by atomic mass is 32.1. The smallest absolute Gasteiger partial charge is 0.335 e. The van der Waals surface area contributed by atoms with Gasteiger partial charge < -0.3 is 10.0 Å². The predicted octanol–water partition coefficient (Wildman–Crippen LogP) is 7.49. The third-order valence-corrected chi connectivity index (χ3v) is 6.94. The minimum absolute atomic E-state index is 0.217. The molecule has 1 saturated heterocycles. The number of carboxylic acid groups (broad SMARTS) is 1. The van der Waals surface area contributed by atoms with Crippen molar-refractivity contribution < 1.29 is 9.90 Å². The van der Waals surface area contributed by atoms with Crippen molar-refractivity contribution in [3.05, 3.63) is 60.2 Å².